The number of hydrogen-bond acceptors (Lipinski definition) is 3. The molecule has 1 aromatic heterocycles. The first-order valence-electron chi connectivity index (χ1n) is 9.85. The van der Waals surface area contributed by atoms with Crippen molar-refractivity contribution in [2.45, 2.75) is 26.3 Å². The molecule has 0 unspecified atom stereocenters. The van der Waals surface area contributed by atoms with E-state index in [2.05, 4.69) is 89.5 Å². The molecule has 0 atom stereocenters. The monoisotopic (exact) mass is 360 g/mol. The Morgan fingerprint density at radius 3 is 2.15 bits per heavy atom. The molecule has 0 saturated carbocycles. The van der Waals surface area contributed by atoms with Gasteiger partial charge in [-0.25, -0.2) is 4.68 Å². The molecule has 1 fully saturated rings. The Morgan fingerprint density at radius 2 is 1.52 bits per heavy atom. The van der Waals surface area contributed by atoms with E-state index in [1.165, 1.54) is 16.8 Å². The summed E-state index contributed by atoms with van der Waals surface area (Å²) in [5, 5.41) is 4.50. The number of piperazine rings is 1. The fourth-order valence-corrected chi connectivity index (χ4v) is 3.60. The van der Waals surface area contributed by atoms with E-state index >= 15 is 0 Å². The summed E-state index contributed by atoms with van der Waals surface area (Å²) >= 11 is 0. The van der Waals surface area contributed by atoms with Crippen LogP contribution in [0.25, 0.3) is 5.69 Å². The fraction of sp³-hybridized carbons (Fsp3) is 0.348. The quantitative estimate of drug-likeness (QED) is 0.677. The van der Waals surface area contributed by atoms with Gasteiger partial charge >= 0.3 is 0 Å². The van der Waals surface area contributed by atoms with Gasteiger partial charge in [0.15, 0.2) is 0 Å². The van der Waals surface area contributed by atoms with Crippen LogP contribution in [0.4, 0.5) is 5.69 Å². The smallest absolute Gasteiger partial charge is 0.0647 e. The second-order valence-electron chi connectivity index (χ2n) is 7.64. The minimum absolute atomic E-state index is 0.505. The van der Waals surface area contributed by atoms with Crippen molar-refractivity contribution < 1.29 is 0 Å². The highest BCUT2D eigenvalue weighted by Gasteiger charge is 2.17. The van der Waals surface area contributed by atoms with Gasteiger partial charge in [-0.2, -0.15) is 5.10 Å². The Bertz CT molecular complexity index is 844. The highest BCUT2D eigenvalue weighted by molar-refractivity contribution is 5.51. The molecule has 2 aromatic carbocycles. The van der Waals surface area contributed by atoms with Crippen molar-refractivity contribution in [1.82, 2.24) is 14.7 Å². The Kier molecular flexibility index (Phi) is 5.26. The Hall–Kier alpha value is -2.59. The normalized spacial score (nSPS) is 15.4. The lowest BCUT2D eigenvalue weighted by Gasteiger charge is -2.36. The topological polar surface area (TPSA) is 24.3 Å². The van der Waals surface area contributed by atoms with Crippen molar-refractivity contribution in [3.63, 3.8) is 0 Å². The first-order chi connectivity index (χ1) is 13.2. The van der Waals surface area contributed by atoms with Crippen molar-refractivity contribution in [3.8, 4) is 5.69 Å². The Labute approximate surface area is 162 Å². The molecule has 4 heteroatoms. The number of aromatic nitrogens is 2. The predicted molar refractivity (Wildman–Crippen MR) is 112 cm³/mol. The van der Waals surface area contributed by atoms with Crippen LogP contribution in [0.3, 0.4) is 0 Å². The van der Waals surface area contributed by atoms with Gasteiger partial charge in [-0.05, 0) is 41.3 Å². The van der Waals surface area contributed by atoms with Crippen molar-refractivity contribution in [2.75, 3.05) is 31.1 Å². The van der Waals surface area contributed by atoms with E-state index in [0.29, 0.717) is 5.92 Å². The van der Waals surface area contributed by atoms with Crippen molar-refractivity contribution in [1.29, 1.82) is 0 Å². The van der Waals surface area contributed by atoms with Gasteiger partial charge in [0.25, 0.3) is 0 Å². The molecule has 27 heavy (non-hydrogen) atoms. The number of anilines is 1. The summed E-state index contributed by atoms with van der Waals surface area (Å²) in [4.78, 5) is 5.02. The first kappa shape index (κ1) is 17.8. The number of hydrogen-bond donors (Lipinski definition) is 0. The second kappa shape index (κ2) is 7.97. The van der Waals surface area contributed by atoms with Crippen LogP contribution >= 0.6 is 0 Å². The zero-order valence-electron chi connectivity index (χ0n) is 16.3. The molecule has 0 spiro atoms. The number of benzene rings is 2. The van der Waals surface area contributed by atoms with E-state index in [1.807, 2.05) is 10.9 Å². The average Bonchev–Trinajstić information content (AvgIpc) is 3.20. The summed E-state index contributed by atoms with van der Waals surface area (Å²) in [6, 6.07) is 19.5. The highest BCUT2D eigenvalue weighted by atomic mass is 15.3. The Balaban J connectivity index is 1.36. The van der Waals surface area contributed by atoms with Crippen molar-refractivity contribution in [2.24, 2.45) is 0 Å². The molecule has 1 saturated heterocycles. The molecule has 0 N–H and O–H groups in total. The molecule has 1 aliphatic rings. The number of nitrogens with zero attached hydrogens (tertiary/aromatic N) is 4. The molecular weight excluding hydrogens is 332 g/mol. The van der Waals surface area contributed by atoms with Gasteiger partial charge in [-0.15, -0.1) is 0 Å². The van der Waals surface area contributed by atoms with Crippen molar-refractivity contribution >= 4 is 5.69 Å². The van der Waals surface area contributed by atoms with Crippen LogP contribution in [0.1, 0.15) is 30.9 Å². The maximum atomic E-state index is 4.50. The van der Waals surface area contributed by atoms with Crippen LogP contribution in [0, 0.1) is 0 Å². The summed E-state index contributed by atoms with van der Waals surface area (Å²) in [5.41, 5.74) is 5.09. The molecule has 2 heterocycles. The third kappa shape index (κ3) is 4.22. The maximum absolute atomic E-state index is 4.50. The van der Waals surface area contributed by atoms with E-state index in [4.69, 9.17) is 0 Å². The summed E-state index contributed by atoms with van der Waals surface area (Å²) in [7, 11) is 0. The van der Waals surface area contributed by atoms with Crippen LogP contribution in [0.15, 0.2) is 67.0 Å². The number of rotatable bonds is 5. The van der Waals surface area contributed by atoms with E-state index in [0.717, 1.165) is 38.4 Å². The van der Waals surface area contributed by atoms with Crippen LogP contribution in [-0.4, -0.2) is 40.9 Å². The molecule has 3 aromatic rings. The minimum Gasteiger partial charge on any atom is -0.369 e. The zero-order valence-corrected chi connectivity index (χ0v) is 16.3. The molecule has 140 valence electrons. The summed E-state index contributed by atoms with van der Waals surface area (Å²) < 4.78 is 1.97. The van der Waals surface area contributed by atoms with Gasteiger partial charge in [0, 0.05) is 44.6 Å². The lowest BCUT2D eigenvalue weighted by molar-refractivity contribution is 0.250. The van der Waals surface area contributed by atoms with Crippen LogP contribution in [0.5, 0.6) is 0 Å². The van der Waals surface area contributed by atoms with Gasteiger partial charge in [0.1, 0.15) is 0 Å². The van der Waals surface area contributed by atoms with Gasteiger partial charge in [-0.3, -0.25) is 4.90 Å². The van der Waals surface area contributed by atoms with Gasteiger partial charge in [0.2, 0.25) is 0 Å². The standard InChI is InChI=1S/C23H28N4/c1-19(2)21-16-24-27(18-21)23-10-8-22(9-11-23)26-14-12-25(13-15-26)17-20-6-4-3-5-7-20/h3-11,16,18-19H,12-15,17H2,1-2H3. The summed E-state index contributed by atoms with van der Waals surface area (Å²) in [6.45, 7) is 9.80. The molecule has 0 bridgehead atoms. The lowest BCUT2D eigenvalue weighted by atomic mass is 10.1. The fourth-order valence-electron chi connectivity index (χ4n) is 3.60. The summed E-state index contributed by atoms with van der Waals surface area (Å²) in [6.07, 6.45) is 4.09. The van der Waals surface area contributed by atoms with Crippen LogP contribution in [-0.2, 0) is 6.54 Å². The molecule has 0 aliphatic carbocycles. The van der Waals surface area contributed by atoms with E-state index in [1.54, 1.807) is 0 Å². The van der Waals surface area contributed by atoms with Gasteiger partial charge < -0.3 is 4.90 Å². The highest BCUT2D eigenvalue weighted by Crippen LogP contribution is 2.21. The minimum atomic E-state index is 0.505. The van der Waals surface area contributed by atoms with E-state index < -0.39 is 0 Å². The maximum Gasteiger partial charge on any atom is 0.0647 e. The second-order valence-corrected chi connectivity index (χ2v) is 7.64. The summed E-state index contributed by atoms with van der Waals surface area (Å²) in [5.74, 6) is 0.505. The SMILES string of the molecule is CC(C)c1cnn(-c2ccc(N3CCN(Cc4ccccc4)CC3)cc2)c1. The van der Waals surface area contributed by atoms with Crippen LogP contribution in [0.2, 0.25) is 0 Å². The molecular formula is C23H28N4. The van der Waals surface area contributed by atoms with Gasteiger partial charge in [-0.1, -0.05) is 44.2 Å². The lowest BCUT2D eigenvalue weighted by Crippen LogP contribution is -2.45. The predicted octanol–water partition coefficient (Wildman–Crippen LogP) is 4.32. The zero-order chi connectivity index (χ0) is 18.6. The molecule has 4 rings (SSSR count). The molecule has 0 amide bonds. The average molecular weight is 361 g/mol. The van der Waals surface area contributed by atoms with Gasteiger partial charge in [0.05, 0.1) is 11.9 Å². The van der Waals surface area contributed by atoms with E-state index in [9.17, 15) is 0 Å². The third-order valence-electron chi connectivity index (χ3n) is 5.37. The third-order valence-corrected chi connectivity index (χ3v) is 5.37. The van der Waals surface area contributed by atoms with E-state index in [-0.39, 0.29) is 0 Å². The van der Waals surface area contributed by atoms with Crippen molar-refractivity contribution in [3.05, 3.63) is 78.1 Å². The first-order valence-corrected chi connectivity index (χ1v) is 9.85. The van der Waals surface area contributed by atoms with Crippen LogP contribution < -0.4 is 4.90 Å². The Morgan fingerprint density at radius 1 is 0.852 bits per heavy atom. The molecule has 0 radical (unpaired) electrons. The molecule has 4 nitrogen and oxygen atoms in total. The largest absolute Gasteiger partial charge is 0.369 e. The molecule has 1 aliphatic heterocycles.